The summed E-state index contributed by atoms with van der Waals surface area (Å²) >= 11 is 2.68. The summed E-state index contributed by atoms with van der Waals surface area (Å²) in [6.07, 6.45) is 0. The van der Waals surface area contributed by atoms with Crippen LogP contribution in [-0.2, 0) is 5.41 Å². The van der Waals surface area contributed by atoms with Crippen molar-refractivity contribution in [2.45, 2.75) is 38.0 Å². The highest BCUT2D eigenvalue weighted by atomic mass is 32.2. The number of hydrogen-bond donors (Lipinski definition) is 2. The summed E-state index contributed by atoms with van der Waals surface area (Å²) in [4.78, 5) is 12.5. The quantitative estimate of drug-likeness (QED) is 0.763. The van der Waals surface area contributed by atoms with E-state index in [0.717, 1.165) is 4.90 Å². The zero-order valence-electron chi connectivity index (χ0n) is 12.6. The van der Waals surface area contributed by atoms with E-state index < -0.39 is 5.97 Å². The number of nitrogens with one attached hydrogen (secondary N) is 1. The lowest BCUT2D eigenvalue weighted by molar-refractivity contribution is 0.0703. The fourth-order valence-electron chi connectivity index (χ4n) is 1.90. The summed E-state index contributed by atoms with van der Waals surface area (Å²) in [6.45, 7) is 8.65. The lowest BCUT2D eigenvalue weighted by Crippen LogP contribution is -2.11. The average Bonchev–Trinajstić information content (AvgIpc) is 2.84. The maximum Gasteiger partial charge on any atom is 0.348 e. The molecule has 0 bridgehead atoms. The fraction of sp³-hybridized carbons (Fsp3) is 0.312. The van der Waals surface area contributed by atoms with Gasteiger partial charge in [0.15, 0.2) is 0 Å². The molecule has 0 fully saturated rings. The van der Waals surface area contributed by atoms with Gasteiger partial charge in [0.25, 0.3) is 0 Å². The van der Waals surface area contributed by atoms with Crippen LogP contribution in [0.1, 0.15) is 41.6 Å². The smallest absolute Gasteiger partial charge is 0.348 e. The molecule has 0 amide bonds. The number of anilines is 1. The van der Waals surface area contributed by atoms with E-state index >= 15 is 0 Å². The second-order valence-corrected chi connectivity index (χ2v) is 7.67. The van der Waals surface area contributed by atoms with Gasteiger partial charge < -0.3 is 9.83 Å². The van der Waals surface area contributed by atoms with E-state index in [1.54, 1.807) is 11.4 Å². The Morgan fingerprint density at radius 2 is 2.00 bits per heavy atom. The first-order valence-corrected chi connectivity index (χ1v) is 8.33. The van der Waals surface area contributed by atoms with Gasteiger partial charge in [-0.2, -0.15) is 0 Å². The topological polar surface area (TPSA) is 49.3 Å². The Morgan fingerprint density at radius 3 is 2.57 bits per heavy atom. The first kappa shape index (κ1) is 15.9. The van der Waals surface area contributed by atoms with Gasteiger partial charge in [-0.25, -0.2) is 4.79 Å². The van der Waals surface area contributed by atoms with Gasteiger partial charge in [0.1, 0.15) is 4.88 Å². The van der Waals surface area contributed by atoms with Crippen LogP contribution in [0, 0.1) is 6.92 Å². The van der Waals surface area contributed by atoms with Crippen LogP contribution >= 0.6 is 23.3 Å². The molecule has 21 heavy (non-hydrogen) atoms. The minimum atomic E-state index is -0.895. The zero-order chi connectivity index (χ0) is 15.6. The minimum absolute atomic E-state index is 0.130. The van der Waals surface area contributed by atoms with Crippen LogP contribution in [0.4, 0.5) is 5.69 Å². The summed E-state index contributed by atoms with van der Waals surface area (Å²) in [7, 11) is 0. The Morgan fingerprint density at radius 1 is 1.29 bits per heavy atom. The van der Waals surface area contributed by atoms with Crippen LogP contribution in [0.3, 0.4) is 0 Å². The van der Waals surface area contributed by atoms with Gasteiger partial charge in [0.05, 0.1) is 5.69 Å². The Labute approximate surface area is 133 Å². The third-order valence-electron chi connectivity index (χ3n) is 3.17. The number of aromatic carboxylic acids is 1. The second kappa shape index (κ2) is 6.12. The van der Waals surface area contributed by atoms with Gasteiger partial charge in [-0.15, -0.1) is 11.3 Å². The molecular weight excluding hydrogens is 302 g/mol. The van der Waals surface area contributed by atoms with E-state index in [1.807, 2.05) is 0 Å². The number of benzene rings is 1. The highest BCUT2D eigenvalue weighted by Gasteiger charge is 2.15. The molecule has 2 N–H and O–H groups in total. The molecule has 112 valence electrons. The van der Waals surface area contributed by atoms with E-state index in [0.29, 0.717) is 10.6 Å². The Hall–Kier alpha value is -1.46. The zero-order valence-corrected chi connectivity index (χ0v) is 14.2. The van der Waals surface area contributed by atoms with Gasteiger partial charge >= 0.3 is 5.97 Å². The minimum Gasteiger partial charge on any atom is -0.477 e. The van der Waals surface area contributed by atoms with Crippen molar-refractivity contribution in [1.82, 2.24) is 0 Å². The molecule has 1 heterocycles. The Bertz CT molecular complexity index is 657. The number of carboxylic acids is 1. The monoisotopic (exact) mass is 321 g/mol. The van der Waals surface area contributed by atoms with Gasteiger partial charge in [-0.1, -0.05) is 32.9 Å². The van der Waals surface area contributed by atoms with E-state index in [4.69, 9.17) is 5.11 Å². The number of carbonyl (C=O) groups is 1. The third kappa shape index (κ3) is 3.80. The predicted molar refractivity (Wildman–Crippen MR) is 90.6 cm³/mol. The van der Waals surface area contributed by atoms with Crippen molar-refractivity contribution in [3.05, 3.63) is 45.6 Å². The molecule has 1 aromatic carbocycles. The number of rotatable bonds is 4. The molecule has 0 atom stereocenters. The summed E-state index contributed by atoms with van der Waals surface area (Å²) in [5.74, 6) is -0.895. The lowest BCUT2D eigenvalue weighted by Gasteiger charge is -2.20. The third-order valence-corrected chi connectivity index (χ3v) is 5.07. The molecule has 1 aromatic heterocycles. The SMILES string of the molecule is Cc1cc(C(C)(C)C)ccc1SNc1ccsc1C(=O)O. The normalized spacial score (nSPS) is 11.4. The molecule has 5 heteroatoms. The van der Waals surface area contributed by atoms with Crippen LogP contribution in [0.15, 0.2) is 34.5 Å². The molecule has 0 saturated heterocycles. The molecule has 0 aliphatic carbocycles. The van der Waals surface area contributed by atoms with E-state index in [9.17, 15) is 4.79 Å². The molecule has 2 rings (SSSR count). The van der Waals surface area contributed by atoms with Crippen molar-refractivity contribution in [1.29, 1.82) is 0 Å². The first-order chi connectivity index (χ1) is 9.79. The highest BCUT2D eigenvalue weighted by Crippen LogP contribution is 2.31. The highest BCUT2D eigenvalue weighted by molar-refractivity contribution is 8.00. The molecule has 0 saturated carbocycles. The number of aryl methyl sites for hydroxylation is 1. The van der Waals surface area contributed by atoms with E-state index in [-0.39, 0.29) is 5.41 Å². The molecule has 0 aliphatic rings. The van der Waals surface area contributed by atoms with Crippen LogP contribution in [-0.4, -0.2) is 11.1 Å². The van der Waals surface area contributed by atoms with Crippen molar-refractivity contribution in [3.63, 3.8) is 0 Å². The fourth-order valence-corrected chi connectivity index (χ4v) is 3.39. The Kier molecular flexibility index (Phi) is 4.64. The molecule has 2 aromatic rings. The van der Waals surface area contributed by atoms with Crippen molar-refractivity contribution in [2.75, 3.05) is 4.72 Å². The number of thiophene rings is 1. The van der Waals surface area contributed by atoms with Crippen molar-refractivity contribution < 1.29 is 9.90 Å². The maximum absolute atomic E-state index is 11.1. The predicted octanol–water partition coefficient (Wildman–Crippen LogP) is 5.17. The summed E-state index contributed by atoms with van der Waals surface area (Å²) in [6, 6.07) is 8.19. The van der Waals surface area contributed by atoms with Gasteiger partial charge in [0, 0.05) is 4.90 Å². The van der Waals surface area contributed by atoms with Crippen LogP contribution in [0.5, 0.6) is 0 Å². The van der Waals surface area contributed by atoms with Gasteiger partial charge in [0.2, 0.25) is 0 Å². The van der Waals surface area contributed by atoms with Crippen LogP contribution < -0.4 is 4.72 Å². The summed E-state index contributed by atoms with van der Waals surface area (Å²) in [5.41, 5.74) is 3.26. The van der Waals surface area contributed by atoms with Crippen molar-refractivity contribution in [2.24, 2.45) is 0 Å². The Balaban J connectivity index is 2.14. The van der Waals surface area contributed by atoms with E-state index in [1.165, 1.54) is 34.4 Å². The molecule has 3 nitrogen and oxygen atoms in total. The molecule has 0 unspecified atom stereocenters. The van der Waals surface area contributed by atoms with Gasteiger partial charge in [-0.3, -0.25) is 0 Å². The maximum atomic E-state index is 11.1. The standard InChI is InChI=1S/C16H19NO2S2/c1-10-9-11(16(2,3)4)5-6-13(10)21-17-12-7-8-20-14(12)15(18)19/h5-9,17H,1-4H3,(H,18,19). The molecular formula is C16H19NO2S2. The van der Waals surface area contributed by atoms with E-state index in [2.05, 4.69) is 50.6 Å². The summed E-state index contributed by atoms with van der Waals surface area (Å²) in [5, 5.41) is 10.9. The lowest BCUT2D eigenvalue weighted by atomic mass is 9.86. The second-order valence-electron chi connectivity index (χ2n) is 5.90. The van der Waals surface area contributed by atoms with Gasteiger partial charge in [-0.05, 0) is 52.9 Å². The van der Waals surface area contributed by atoms with Crippen LogP contribution in [0.2, 0.25) is 0 Å². The van der Waals surface area contributed by atoms with Crippen LogP contribution in [0.25, 0.3) is 0 Å². The first-order valence-electron chi connectivity index (χ1n) is 6.64. The molecule has 0 aliphatic heterocycles. The summed E-state index contributed by atoms with van der Waals surface area (Å²) < 4.78 is 3.14. The number of hydrogen-bond acceptors (Lipinski definition) is 4. The number of carboxylic acid groups (broad SMARTS) is 1. The molecule has 0 radical (unpaired) electrons. The average molecular weight is 321 g/mol. The van der Waals surface area contributed by atoms with Crippen molar-refractivity contribution >= 4 is 34.9 Å². The largest absolute Gasteiger partial charge is 0.477 e. The van der Waals surface area contributed by atoms with Crippen molar-refractivity contribution in [3.8, 4) is 0 Å². The molecule has 0 spiro atoms.